The van der Waals surface area contributed by atoms with Crippen LogP contribution in [0.2, 0.25) is 0 Å². The van der Waals surface area contributed by atoms with E-state index in [1.165, 1.54) is 25.7 Å². The highest BCUT2D eigenvalue weighted by atomic mass is 16.5. The van der Waals surface area contributed by atoms with Crippen LogP contribution in [-0.2, 0) is 14.3 Å². The lowest BCUT2D eigenvalue weighted by atomic mass is 10.0. The molecule has 2 atom stereocenters. The Bertz CT molecular complexity index is 306. The molecule has 0 heterocycles. The summed E-state index contributed by atoms with van der Waals surface area (Å²) in [6, 6.07) is 0. The van der Waals surface area contributed by atoms with E-state index < -0.39 is 5.97 Å². The predicted octanol–water partition coefficient (Wildman–Crippen LogP) is 1.03. The number of carbonyl (C=O) groups is 2. The van der Waals surface area contributed by atoms with E-state index in [-0.39, 0.29) is 24.9 Å². The Hall–Kier alpha value is -1.10. The second kappa shape index (κ2) is 6.18. The fourth-order valence-corrected chi connectivity index (χ4v) is 3.01. The zero-order chi connectivity index (χ0) is 13.0. The molecule has 0 bridgehead atoms. The fraction of sp³-hybridized carbons (Fsp3) is 0.846. The smallest absolute Gasteiger partial charge is 0.305 e. The van der Waals surface area contributed by atoms with Gasteiger partial charge >= 0.3 is 5.97 Å². The van der Waals surface area contributed by atoms with Crippen LogP contribution < -0.4 is 5.32 Å². The number of aliphatic carboxylic acids is 1. The minimum Gasteiger partial charge on any atom is -0.481 e. The van der Waals surface area contributed by atoms with Crippen LogP contribution in [0.25, 0.3) is 0 Å². The fourth-order valence-electron chi connectivity index (χ4n) is 3.01. The second-order valence-electron chi connectivity index (χ2n) is 5.19. The first-order chi connectivity index (χ1) is 8.70. The Morgan fingerprint density at radius 1 is 1.17 bits per heavy atom. The number of carboxylic acids is 1. The molecule has 1 amide bonds. The lowest BCUT2D eigenvalue weighted by Crippen LogP contribution is -2.29. The number of hydrogen-bond donors (Lipinski definition) is 2. The van der Waals surface area contributed by atoms with Gasteiger partial charge in [-0.3, -0.25) is 9.59 Å². The van der Waals surface area contributed by atoms with Crippen LogP contribution in [0, 0.1) is 17.8 Å². The van der Waals surface area contributed by atoms with E-state index in [4.69, 9.17) is 9.84 Å². The van der Waals surface area contributed by atoms with Gasteiger partial charge in [-0.2, -0.15) is 0 Å². The highest BCUT2D eigenvalue weighted by molar-refractivity contribution is 5.82. The molecule has 5 heteroatoms. The van der Waals surface area contributed by atoms with Crippen molar-refractivity contribution in [1.29, 1.82) is 0 Å². The molecule has 2 aliphatic rings. The van der Waals surface area contributed by atoms with Crippen LogP contribution >= 0.6 is 0 Å². The summed E-state index contributed by atoms with van der Waals surface area (Å²) in [4.78, 5) is 22.1. The molecule has 0 radical (unpaired) electrons. The van der Waals surface area contributed by atoms with Gasteiger partial charge < -0.3 is 15.2 Å². The number of hydrogen-bond acceptors (Lipinski definition) is 3. The van der Waals surface area contributed by atoms with Gasteiger partial charge in [0.1, 0.15) is 0 Å². The Balaban J connectivity index is 1.52. The molecule has 2 saturated carbocycles. The van der Waals surface area contributed by atoms with Crippen LogP contribution in [0.1, 0.15) is 32.1 Å². The largest absolute Gasteiger partial charge is 0.481 e. The first kappa shape index (κ1) is 13.3. The minimum absolute atomic E-state index is 0.0146. The Morgan fingerprint density at radius 3 is 2.44 bits per heavy atom. The Labute approximate surface area is 107 Å². The van der Waals surface area contributed by atoms with E-state index in [1.54, 1.807) is 0 Å². The van der Waals surface area contributed by atoms with E-state index in [2.05, 4.69) is 5.32 Å². The maximum Gasteiger partial charge on any atom is 0.305 e. The van der Waals surface area contributed by atoms with Crippen LogP contribution in [0.3, 0.4) is 0 Å². The highest BCUT2D eigenvalue weighted by Gasteiger charge is 2.54. The first-order valence-electron chi connectivity index (χ1n) is 6.77. The lowest BCUT2D eigenvalue weighted by molar-refractivity contribution is -0.138. The van der Waals surface area contributed by atoms with Crippen molar-refractivity contribution >= 4 is 11.9 Å². The van der Waals surface area contributed by atoms with E-state index in [0.717, 1.165) is 0 Å². The predicted molar refractivity (Wildman–Crippen MR) is 65.0 cm³/mol. The topological polar surface area (TPSA) is 75.6 Å². The summed E-state index contributed by atoms with van der Waals surface area (Å²) in [7, 11) is 0. The van der Waals surface area contributed by atoms with Crippen LogP contribution in [0.5, 0.6) is 0 Å². The number of rotatable bonds is 7. The summed E-state index contributed by atoms with van der Waals surface area (Å²) in [6.45, 7) is 1.08. The first-order valence-corrected chi connectivity index (χ1v) is 6.77. The van der Waals surface area contributed by atoms with Crippen molar-refractivity contribution in [2.24, 2.45) is 17.8 Å². The monoisotopic (exact) mass is 255 g/mol. The summed E-state index contributed by atoms with van der Waals surface area (Å²) in [5, 5.41) is 11.3. The third-order valence-corrected chi connectivity index (χ3v) is 3.97. The molecule has 0 spiro atoms. The normalized spacial score (nSPS) is 29.4. The molecule has 0 aromatic carbocycles. The summed E-state index contributed by atoms with van der Waals surface area (Å²) in [5.74, 6) is 0.805. The lowest BCUT2D eigenvalue weighted by Gasteiger charge is -2.05. The standard InChI is InChI=1S/C13H21NO4/c15-11(16)5-7-18-8-6-14-13(17)12-9-3-1-2-4-10(9)12/h9-10,12H,1-8H2,(H,14,17)(H,15,16). The molecule has 2 rings (SSSR count). The maximum atomic E-state index is 11.9. The zero-order valence-electron chi connectivity index (χ0n) is 10.6. The number of nitrogens with one attached hydrogen (secondary N) is 1. The van der Waals surface area contributed by atoms with Crippen LogP contribution in [-0.4, -0.2) is 36.7 Å². The number of carboxylic acid groups (broad SMARTS) is 1. The number of amides is 1. The third-order valence-electron chi connectivity index (χ3n) is 3.97. The van der Waals surface area contributed by atoms with Crippen LogP contribution in [0.4, 0.5) is 0 Å². The van der Waals surface area contributed by atoms with Crippen molar-refractivity contribution in [3.63, 3.8) is 0 Å². The number of fused-ring (bicyclic) bond motifs is 1. The molecule has 2 aliphatic carbocycles. The van der Waals surface area contributed by atoms with Gasteiger partial charge in [0.15, 0.2) is 0 Å². The van der Waals surface area contributed by atoms with Gasteiger partial charge in [0.2, 0.25) is 5.91 Å². The third kappa shape index (κ3) is 3.45. The molecule has 2 fully saturated rings. The molecular weight excluding hydrogens is 234 g/mol. The molecule has 0 aromatic heterocycles. The van der Waals surface area contributed by atoms with Crippen molar-refractivity contribution in [1.82, 2.24) is 5.32 Å². The molecule has 2 unspecified atom stereocenters. The molecule has 18 heavy (non-hydrogen) atoms. The zero-order valence-corrected chi connectivity index (χ0v) is 10.6. The average molecular weight is 255 g/mol. The molecule has 0 aliphatic heterocycles. The molecule has 5 nitrogen and oxygen atoms in total. The molecular formula is C13H21NO4. The SMILES string of the molecule is O=C(O)CCOCCNC(=O)C1C2CCCCC21. The maximum absolute atomic E-state index is 11.9. The quantitative estimate of drug-likeness (QED) is 0.666. The average Bonchev–Trinajstić information content (AvgIpc) is 3.07. The highest BCUT2D eigenvalue weighted by Crippen LogP contribution is 2.55. The van der Waals surface area contributed by atoms with E-state index in [0.29, 0.717) is 25.0 Å². The van der Waals surface area contributed by atoms with Gasteiger partial charge in [0.05, 0.1) is 19.6 Å². The van der Waals surface area contributed by atoms with Gasteiger partial charge in [-0.1, -0.05) is 12.8 Å². The van der Waals surface area contributed by atoms with Crippen LogP contribution in [0.15, 0.2) is 0 Å². The van der Waals surface area contributed by atoms with E-state index in [9.17, 15) is 9.59 Å². The van der Waals surface area contributed by atoms with Crippen molar-refractivity contribution in [3.05, 3.63) is 0 Å². The number of ether oxygens (including phenoxy) is 1. The Morgan fingerprint density at radius 2 is 1.83 bits per heavy atom. The van der Waals surface area contributed by atoms with Crippen molar-refractivity contribution in [2.45, 2.75) is 32.1 Å². The van der Waals surface area contributed by atoms with Crippen molar-refractivity contribution in [3.8, 4) is 0 Å². The molecule has 102 valence electrons. The summed E-state index contributed by atoms with van der Waals surface area (Å²) in [5.41, 5.74) is 0. The molecule has 0 aromatic rings. The molecule has 2 N–H and O–H groups in total. The number of carbonyl (C=O) groups excluding carboxylic acids is 1. The summed E-state index contributed by atoms with van der Waals surface area (Å²) < 4.78 is 5.12. The van der Waals surface area contributed by atoms with Crippen molar-refractivity contribution in [2.75, 3.05) is 19.8 Å². The second-order valence-corrected chi connectivity index (χ2v) is 5.19. The van der Waals surface area contributed by atoms with E-state index >= 15 is 0 Å². The Kier molecular flexibility index (Phi) is 4.58. The van der Waals surface area contributed by atoms with Gasteiger partial charge in [-0.25, -0.2) is 0 Å². The van der Waals surface area contributed by atoms with Gasteiger partial charge in [0, 0.05) is 12.5 Å². The summed E-state index contributed by atoms with van der Waals surface area (Å²) >= 11 is 0. The van der Waals surface area contributed by atoms with E-state index in [1.807, 2.05) is 0 Å². The molecule has 0 saturated heterocycles. The van der Waals surface area contributed by atoms with Crippen molar-refractivity contribution < 1.29 is 19.4 Å². The van der Waals surface area contributed by atoms with Gasteiger partial charge in [0.25, 0.3) is 0 Å². The minimum atomic E-state index is -0.860. The summed E-state index contributed by atoms with van der Waals surface area (Å²) in [6.07, 6.45) is 4.96. The van der Waals surface area contributed by atoms with Gasteiger partial charge in [-0.15, -0.1) is 0 Å². The van der Waals surface area contributed by atoms with Gasteiger partial charge in [-0.05, 0) is 24.7 Å².